The van der Waals surface area contributed by atoms with Gasteiger partial charge in [0, 0.05) is 12.4 Å². The van der Waals surface area contributed by atoms with Gasteiger partial charge in [0.2, 0.25) is 0 Å². The number of hydrogen-bond donors (Lipinski definition) is 1. The van der Waals surface area contributed by atoms with Crippen molar-refractivity contribution in [3.05, 3.63) is 12.4 Å². The van der Waals surface area contributed by atoms with E-state index in [4.69, 9.17) is 5.73 Å². The number of aromatic nitrogens is 2. The molecule has 0 aromatic carbocycles. The minimum Gasteiger partial charge on any atom is -0.381 e. The van der Waals surface area contributed by atoms with E-state index in [0.29, 0.717) is 5.82 Å². The number of nitrogens with zero attached hydrogens (tertiary/aromatic N) is 2. The number of thioether (sulfide) groups is 1. The molecule has 3 nitrogen and oxygen atoms in total. The quantitative estimate of drug-likeness (QED) is 0.587. The Kier molecular flexibility index (Phi) is 1.89. The minimum absolute atomic E-state index is 0.505. The molecule has 0 saturated carbocycles. The lowest BCUT2D eigenvalue weighted by Gasteiger charge is -1.95. The zero-order valence-corrected chi connectivity index (χ0v) is 5.85. The van der Waals surface area contributed by atoms with Gasteiger partial charge in [-0.25, -0.2) is 9.97 Å². The van der Waals surface area contributed by atoms with Gasteiger partial charge in [0.15, 0.2) is 5.82 Å². The molecule has 1 heterocycles. The van der Waals surface area contributed by atoms with Gasteiger partial charge < -0.3 is 5.73 Å². The SMILES string of the molecule is CSc1nccnc1N. The van der Waals surface area contributed by atoms with Gasteiger partial charge in [-0.3, -0.25) is 0 Å². The fourth-order valence-corrected chi connectivity index (χ4v) is 0.921. The monoisotopic (exact) mass is 141 g/mol. The molecule has 1 aromatic heterocycles. The first kappa shape index (κ1) is 6.35. The molecule has 48 valence electrons. The summed E-state index contributed by atoms with van der Waals surface area (Å²) in [5.74, 6) is 0.505. The highest BCUT2D eigenvalue weighted by molar-refractivity contribution is 7.98. The standard InChI is InChI=1S/C5H7N3S/c1-9-5-4(6)7-2-3-8-5/h2-3H,1H3,(H2,6,7). The number of nitrogens with two attached hydrogens (primary N) is 1. The first-order valence-electron chi connectivity index (χ1n) is 2.45. The maximum absolute atomic E-state index is 5.44. The van der Waals surface area contributed by atoms with Gasteiger partial charge in [-0.2, -0.15) is 0 Å². The van der Waals surface area contributed by atoms with Gasteiger partial charge in [-0.15, -0.1) is 11.8 Å². The second kappa shape index (κ2) is 2.68. The lowest BCUT2D eigenvalue weighted by Crippen LogP contribution is -1.93. The number of nitrogen functional groups attached to an aromatic ring is 1. The lowest BCUT2D eigenvalue weighted by molar-refractivity contribution is 1.07. The summed E-state index contributed by atoms with van der Waals surface area (Å²) in [6, 6.07) is 0. The number of anilines is 1. The summed E-state index contributed by atoms with van der Waals surface area (Å²) in [6.07, 6.45) is 5.12. The van der Waals surface area contributed by atoms with E-state index in [1.807, 2.05) is 6.26 Å². The van der Waals surface area contributed by atoms with Crippen LogP contribution in [0.5, 0.6) is 0 Å². The van der Waals surface area contributed by atoms with E-state index in [9.17, 15) is 0 Å². The Morgan fingerprint density at radius 1 is 1.44 bits per heavy atom. The zero-order chi connectivity index (χ0) is 6.69. The molecule has 9 heavy (non-hydrogen) atoms. The Labute approximate surface area is 57.7 Å². The van der Waals surface area contributed by atoms with Crippen molar-refractivity contribution in [2.24, 2.45) is 0 Å². The highest BCUT2D eigenvalue weighted by Crippen LogP contribution is 2.14. The Bertz CT molecular complexity index is 201. The Morgan fingerprint density at radius 2 is 2.11 bits per heavy atom. The summed E-state index contributed by atoms with van der Waals surface area (Å²) >= 11 is 1.50. The van der Waals surface area contributed by atoms with Gasteiger partial charge in [-0.05, 0) is 6.26 Å². The van der Waals surface area contributed by atoms with Gasteiger partial charge >= 0.3 is 0 Å². The van der Waals surface area contributed by atoms with Crippen LogP contribution in [0.2, 0.25) is 0 Å². The molecule has 1 aromatic rings. The molecule has 0 unspecified atom stereocenters. The normalized spacial score (nSPS) is 9.44. The van der Waals surface area contributed by atoms with Crippen molar-refractivity contribution in [1.29, 1.82) is 0 Å². The second-order valence-electron chi connectivity index (χ2n) is 1.45. The van der Waals surface area contributed by atoms with Crippen molar-refractivity contribution in [3.8, 4) is 0 Å². The van der Waals surface area contributed by atoms with E-state index in [0.717, 1.165) is 5.03 Å². The minimum atomic E-state index is 0.505. The molecule has 0 amide bonds. The fourth-order valence-electron chi connectivity index (χ4n) is 0.493. The molecule has 2 N–H and O–H groups in total. The molecule has 1 rings (SSSR count). The molecule has 0 fully saturated rings. The predicted molar refractivity (Wildman–Crippen MR) is 38.2 cm³/mol. The molecule has 0 atom stereocenters. The van der Waals surface area contributed by atoms with Crippen LogP contribution in [0.4, 0.5) is 5.82 Å². The van der Waals surface area contributed by atoms with Crippen LogP contribution >= 0.6 is 11.8 Å². The van der Waals surface area contributed by atoms with Gasteiger partial charge in [0.1, 0.15) is 5.03 Å². The first-order chi connectivity index (χ1) is 4.34. The van der Waals surface area contributed by atoms with Crippen molar-refractivity contribution in [3.63, 3.8) is 0 Å². The first-order valence-corrected chi connectivity index (χ1v) is 3.67. The second-order valence-corrected chi connectivity index (χ2v) is 2.25. The van der Waals surface area contributed by atoms with Gasteiger partial charge in [-0.1, -0.05) is 0 Å². The van der Waals surface area contributed by atoms with Crippen molar-refractivity contribution in [2.45, 2.75) is 5.03 Å². The van der Waals surface area contributed by atoms with Crippen molar-refractivity contribution < 1.29 is 0 Å². The summed E-state index contributed by atoms with van der Waals surface area (Å²) in [5, 5.41) is 0.789. The Balaban J connectivity index is 3.01. The van der Waals surface area contributed by atoms with Crippen LogP contribution in [0.15, 0.2) is 17.4 Å². The van der Waals surface area contributed by atoms with E-state index < -0.39 is 0 Å². The molecule has 4 heteroatoms. The summed E-state index contributed by atoms with van der Waals surface area (Å²) in [7, 11) is 0. The van der Waals surface area contributed by atoms with Crippen molar-refractivity contribution in [1.82, 2.24) is 9.97 Å². The van der Waals surface area contributed by atoms with Crippen LogP contribution in [0.3, 0.4) is 0 Å². The zero-order valence-electron chi connectivity index (χ0n) is 5.03. The highest BCUT2D eigenvalue weighted by atomic mass is 32.2. The Morgan fingerprint density at radius 3 is 2.56 bits per heavy atom. The van der Waals surface area contributed by atoms with Gasteiger partial charge in [0.05, 0.1) is 0 Å². The smallest absolute Gasteiger partial charge is 0.156 e. The molecule has 0 bridgehead atoms. The molecular formula is C5H7N3S. The van der Waals surface area contributed by atoms with Crippen LogP contribution in [-0.4, -0.2) is 16.2 Å². The van der Waals surface area contributed by atoms with Crippen LogP contribution in [-0.2, 0) is 0 Å². The average molecular weight is 141 g/mol. The molecule has 0 aliphatic heterocycles. The largest absolute Gasteiger partial charge is 0.381 e. The van der Waals surface area contributed by atoms with Crippen molar-refractivity contribution in [2.75, 3.05) is 12.0 Å². The molecular weight excluding hydrogens is 134 g/mol. The highest BCUT2D eigenvalue weighted by Gasteiger charge is 1.94. The van der Waals surface area contributed by atoms with E-state index >= 15 is 0 Å². The summed E-state index contributed by atoms with van der Waals surface area (Å²) in [6.45, 7) is 0. The molecule has 0 aliphatic rings. The summed E-state index contributed by atoms with van der Waals surface area (Å²) in [5.41, 5.74) is 5.44. The fraction of sp³-hybridized carbons (Fsp3) is 0.200. The van der Waals surface area contributed by atoms with E-state index in [1.165, 1.54) is 11.8 Å². The molecule has 0 spiro atoms. The third-order valence-electron chi connectivity index (χ3n) is 0.885. The van der Waals surface area contributed by atoms with E-state index in [1.54, 1.807) is 12.4 Å². The van der Waals surface area contributed by atoms with E-state index in [-0.39, 0.29) is 0 Å². The maximum atomic E-state index is 5.44. The number of rotatable bonds is 1. The van der Waals surface area contributed by atoms with Crippen LogP contribution in [0, 0.1) is 0 Å². The summed E-state index contributed by atoms with van der Waals surface area (Å²) < 4.78 is 0. The van der Waals surface area contributed by atoms with Gasteiger partial charge in [0.25, 0.3) is 0 Å². The van der Waals surface area contributed by atoms with Crippen molar-refractivity contribution >= 4 is 17.6 Å². The third kappa shape index (κ3) is 1.32. The predicted octanol–water partition coefficient (Wildman–Crippen LogP) is 0.781. The average Bonchev–Trinajstić information content (AvgIpc) is 1.89. The Hall–Kier alpha value is -0.770. The van der Waals surface area contributed by atoms with Crippen LogP contribution in [0.25, 0.3) is 0 Å². The molecule has 0 aliphatic carbocycles. The van der Waals surface area contributed by atoms with E-state index in [2.05, 4.69) is 9.97 Å². The molecule has 0 radical (unpaired) electrons. The molecule has 0 saturated heterocycles. The maximum Gasteiger partial charge on any atom is 0.156 e. The summed E-state index contributed by atoms with van der Waals surface area (Å²) in [4.78, 5) is 7.82. The number of hydrogen-bond acceptors (Lipinski definition) is 4. The third-order valence-corrected chi connectivity index (χ3v) is 1.59. The van der Waals surface area contributed by atoms with Crippen LogP contribution < -0.4 is 5.73 Å². The van der Waals surface area contributed by atoms with Crippen LogP contribution in [0.1, 0.15) is 0 Å². The topological polar surface area (TPSA) is 51.8 Å². The lowest BCUT2D eigenvalue weighted by atomic mass is 10.7.